The highest BCUT2D eigenvalue weighted by molar-refractivity contribution is 6.31. The Balaban J connectivity index is 2.08. The van der Waals surface area contributed by atoms with Crippen LogP contribution in [0.5, 0.6) is 5.75 Å². The summed E-state index contributed by atoms with van der Waals surface area (Å²) in [6.07, 6.45) is 0.416. The van der Waals surface area contributed by atoms with E-state index in [2.05, 4.69) is 25.2 Å². The second kappa shape index (κ2) is 8.20. The van der Waals surface area contributed by atoms with Crippen LogP contribution < -0.4 is 10.1 Å². The lowest BCUT2D eigenvalue weighted by molar-refractivity contribution is -0.122. The van der Waals surface area contributed by atoms with Crippen LogP contribution >= 0.6 is 11.6 Å². The predicted molar refractivity (Wildman–Crippen MR) is 100 cm³/mol. The summed E-state index contributed by atoms with van der Waals surface area (Å²) in [7, 11) is 0. The van der Waals surface area contributed by atoms with E-state index in [0.717, 1.165) is 23.2 Å². The molecule has 0 bridgehead atoms. The molecule has 0 heterocycles. The molecule has 0 spiro atoms. The number of anilines is 1. The average molecular weight is 346 g/mol. The standard InChI is InChI=1S/C20H24ClNO2/c1-5-13(2)17-8-6-7-9-19(17)22-20(23)15(4)24-16-10-11-18(21)14(3)12-16/h6-13,15H,5H2,1-4H3,(H,22,23)/t13-,15+/m1/s1. The summed E-state index contributed by atoms with van der Waals surface area (Å²) in [5.74, 6) is 0.852. The zero-order valence-electron chi connectivity index (χ0n) is 14.6. The van der Waals surface area contributed by atoms with E-state index in [0.29, 0.717) is 16.7 Å². The normalized spacial score (nSPS) is 13.2. The van der Waals surface area contributed by atoms with Crippen LogP contribution in [-0.2, 0) is 4.79 Å². The first kappa shape index (κ1) is 18.3. The van der Waals surface area contributed by atoms with Gasteiger partial charge in [0.15, 0.2) is 6.10 Å². The first-order chi connectivity index (χ1) is 11.4. The quantitative estimate of drug-likeness (QED) is 0.743. The number of para-hydroxylation sites is 1. The van der Waals surface area contributed by atoms with Crippen molar-refractivity contribution in [3.05, 3.63) is 58.6 Å². The number of aryl methyl sites for hydroxylation is 1. The van der Waals surface area contributed by atoms with Crippen molar-refractivity contribution in [3.8, 4) is 5.75 Å². The molecule has 2 atom stereocenters. The van der Waals surface area contributed by atoms with Crippen LogP contribution in [0.2, 0.25) is 5.02 Å². The first-order valence-electron chi connectivity index (χ1n) is 8.25. The number of benzene rings is 2. The van der Waals surface area contributed by atoms with Crippen LogP contribution in [0, 0.1) is 6.92 Å². The lowest BCUT2D eigenvalue weighted by atomic mass is 9.97. The van der Waals surface area contributed by atoms with Gasteiger partial charge in [0.05, 0.1) is 0 Å². The van der Waals surface area contributed by atoms with Gasteiger partial charge in [0, 0.05) is 10.7 Å². The lowest BCUT2D eigenvalue weighted by Crippen LogP contribution is -2.30. The number of nitrogens with one attached hydrogen (secondary N) is 1. The van der Waals surface area contributed by atoms with E-state index in [1.165, 1.54) is 0 Å². The highest BCUT2D eigenvalue weighted by atomic mass is 35.5. The lowest BCUT2D eigenvalue weighted by Gasteiger charge is -2.19. The Labute approximate surface area is 149 Å². The van der Waals surface area contributed by atoms with Crippen LogP contribution in [0.25, 0.3) is 0 Å². The zero-order valence-corrected chi connectivity index (χ0v) is 15.4. The zero-order chi connectivity index (χ0) is 17.7. The van der Waals surface area contributed by atoms with E-state index in [1.54, 1.807) is 19.1 Å². The van der Waals surface area contributed by atoms with Gasteiger partial charge in [-0.2, -0.15) is 0 Å². The third-order valence-electron chi connectivity index (χ3n) is 4.17. The Kier molecular flexibility index (Phi) is 6.27. The van der Waals surface area contributed by atoms with Crippen molar-refractivity contribution >= 4 is 23.2 Å². The fourth-order valence-electron chi connectivity index (χ4n) is 2.44. The molecule has 0 aliphatic rings. The van der Waals surface area contributed by atoms with E-state index in [4.69, 9.17) is 16.3 Å². The molecule has 4 heteroatoms. The molecule has 2 rings (SSSR count). The maximum absolute atomic E-state index is 12.5. The highest BCUT2D eigenvalue weighted by Crippen LogP contribution is 2.27. The van der Waals surface area contributed by atoms with E-state index in [-0.39, 0.29) is 5.91 Å². The number of carbonyl (C=O) groups excluding carboxylic acids is 1. The van der Waals surface area contributed by atoms with Crippen LogP contribution in [0.1, 0.15) is 44.2 Å². The van der Waals surface area contributed by atoms with Gasteiger partial charge in [0.2, 0.25) is 0 Å². The van der Waals surface area contributed by atoms with Gasteiger partial charge in [-0.15, -0.1) is 0 Å². The van der Waals surface area contributed by atoms with E-state index in [1.807, 2.05) is 31.2 Å². The molecule has 0 aliphatic carbocycles. The number of carbonyl (C=O) groups is 1. The first-order valence-corrected chi connectivity index (χ1v) is 8.62. The summed E-state index contributed by atoms with van der Waals surface area (Å²) in [5.41, 5.74) is 2.91. The number of rotatable bonds is 6. The predicted octanol–water partition coefficient (Wildman–Crippen LogP) is 5.57. The molecule has 0 saturated heterocycles. The minimum absolute atomic E-state index is 0.168. The number of amides is 1. The minimum atomic E-state index is -0.601. The molecule has 0 saturated carbocycles. The topological polar surface area (TPSA) is 38.3 Å². The third-order valence-corrected chi connectivity index (χ3v) is 4.60. The molecule has 2 aromatic carbocycles. The molecule has 0 fully saturated rings. The fourth-order valence-corrected chi connectivity index (χ4v) is 2.56. The molecule has 0 aliphatic heterocycles. The summed E-state index contributed by atoms with van der Waals surface area (Å²) in [6, 6.07) is 13.3. The number of hydrogen-bond donors (Lipinski definition) is 1. The number of hydrogen-bond acceptors (Lipinski definition) is 2. The molecular weight excluding hydrogens is 322 g/mol. The maximum Gasteiger partial charge on any atom is 0.265 e. The Morgan fingerprint density at radius 3 is 2.58 bits per heavy atom. The summed E-state index contributed by atoms with van der Waals surface area (Å²) >= 11 is 6.01. The van der Waals surface area contributed by atoms with Gasteiger partial charge in [-0.1, -0.05) is 43.6 Å². The molecular formula is C20H24ClNO2. The molecule has 0 unspecified atom stereocenters. The highest BCUT2D eigenvalue weighted by Gasteiger charge is 2.17. The van der Waals surface area contributed by atoms with Crippen molar-refractivity contribution in [1.29, 1.82) is 0 Å². The SMILES string of the molecule is CC[C@@H](C)c1ccccc1NC(=O)[C@H](C)Oc1ccc(Cl)c(C)c1. The molecule has 1 amide bonds. The monoisotopic (exact) mass is 345 g/mol. The van der Waals surface area contributed by atoms with Crippen molar-refractivity contribution in [2.75, 3.05) is 5.32 Å². The van der Waals surface area contributed by atoms with E-state index < -0.39 is 6.10 Å². The van der Waals surface area contributed by atoms with Crippen LogP contribution in [0.15, 0.2) is 42.5 Å². The van der Waals surface area contributed by atoms with Crippen molar-refractivity contribution < 1.29 is 9.53 Å². The maximum atomic E-state index is 12.5. The van der Waals surface area contributed by atoms with Crippen LogP contribution in [-0.4, -0.2) is 12.0 Å². The second-order valence-corrected chi connectivity index (χ2v) is 6.46. The van der Waals surface area contributed by atoms with Crippen LogP contribution in [0.4, 0.5) is 5.69 Å². The van der Waals surface area contributed by atoms with Gasteiger partial charge in [-0.3, -0.25) is 4.79 Å². The summed E-state index contributed by atoms with van der Waals surface area (Å²) < 4.78 is 5.74. The second-order valence-electron chi connectivity index (χ2n) is 6.06. The molecule has 0 aromatic heterocycles. The van der Waals surface area contributed by atoms with Crippen molar-refractivity contribution in [3.63, 3.8) is 0 Å². The summed E-state index contributed by atoms with van der Waals surface area (Å²) in [4.78, 5) is 12.5. The Hall–Kier alpha value is -2.00. The summed E-state index contributed by atoms with van der Waals surface area (Å²) in [6.45, 7) is 7.94. The van der Waals surface area contributed by atoms with Gasteiger partial charge in [-0.25, -0.2) is 0 Å². The third kappa shape index (κ3) is 4.51. The Morgan fingerprint density at radius 1 is 1.21 bits per heavy atom. The smallest absolute Gasteiger partial charge is 0.265 e. The van der Waals surface area contributed by atoms with Crippen molar-refractivity contribution in [2.24, 2.45) is 0 Å². The van der Waals surface area contributed by atoms with Gasteiger partial charge < -0.3 is 10.1 Å². The average Bonchev–Trinajstić information content (AvgIpc) is 2.58. The van der Waals surface area contributed by atoms with E-state index in [9.17, 15) is 4.79 Å². The molecule has 3 nitrogen and oxygen atoms in total. The summed E-state index contributed by atoms with van der Waals surface area (Å²) in [5, 5.41) is 3.66. The van der Waals surface area contributed by atoms with Gasteiger partial charge in [-0.05, 0) is 61.6 Å². The van der Waals surface area contributed by atoms with Gasteiger partial charge in [0.1, 0.15) is 5.75 Å². The largest absolute Gasteiger partial charge is 0.481 e. The van der Waals surface area contributed by atoms with Gasteiger partial charge >= 0.3 is 0 Å². The molecule has 128 valence electrons. The molecule has 2 aromatic rings. The molecule has 1 N–H and O–H groups in total. The number of halogens is 1. The molecule has 24 heavy (non-hydrogen) atoms. The van der Waals surface area contributed by atoms with Crippen molar-refractivity contribution in [2.45, 2.75) is 46.1 Å². The molecule has 0 radical (unpaired) electrons. The fraction of sp³-hybridized carbons (Fsp3) is 0.350. The van der Waals surface area contributed by atoms with Crippen LogP contribution in [0.3, 0.4) is 0 Å². The Morgan fingerprint density at radius 2 is 1.92 bits per heavy atom. The van der Waals surface area contributed by atoms with Crippen molar-refractivity contribution in [1.82, 2.24) is 0 Å². The van der Waals surface area contributed by atoms with E-state index >= 15 is 0 Å². The minimum Gasteiger partial charge on any atom is -0.481 e. The number of ether oxygens (including phenoxy) is 1. The Bertz CT molecular complexity index is 715. The van der Waals surface area contributed by atoms with Gasteiger partial charge in [0.25, 0.3) is 5.91 Å².